The van der Waals surface area contributed by atoms with Crippen LogP contribution in [0.3, 0.4) is 0 Å². The topological polar surface area (TPSA) is 90.8 Å². The molecule has 0 fully saturated rings. The van der Waals surface area contributed by atoms with E-state index in [4.69, 9.17) is 0 Å². The van der Waals surface area contributed by atoms with Crippen molar-refractivity contribution in [3.8, 4) is 5.75 Å². The SMILES string of the molecule is O=C(CSCC(=O)Nc1ccccc1)N/N=C/c1ccccc1O. The number of rotatable bonds is 7. The molecule has 0 radical (unpaired) electrons. The van der Waals surface area contributed by atoms with Gasteiger partial charge in [0.2, 0.25) is 11.8 Å². The molecule has 124 valence electrons. The number of hydrazone groups is 1. The van der Waals surface area contributed by atoms with E-state index in [1.807, 2.05) is 18.2 Å². The number of benzene rings is 2. The molecule has 6 nitrogen and oxygen atoms in total. The number of carbonyl (C=O) groups is 2. The third kappa shape index (κ3) is 6.13. The highest BCUT2D eigenvalue weighted by Gasteiger charge is 2.05. The molecule has 0 aliphatic rings. The Balaban J connectivity index is 1.66. The van der Waals surface area contributed by atoms with E-state index in [-0.39, 0.29) is 29.1 Å². The number of nitrogens with one attached hydrogen (secondary N) is 2. The maximum Gasteiger partial charge on any atom is 0.250 e. The van der Waals surface area contributed by atoms with Crippen LogP contribution in [0, 0.1) is 0 Å². The Bertz CT molecular complexity index is 720. The summed E-state index contributed by atoms with van der Waals surface area (Å²) in [5.41, 5.74) is 3.58. The van der Waals surface area contributed by atoms with E-state index in [0.29, 0.717) is 5.56 Å². The van der Waals surface area contributed by atoms with E-state index >= 15 is 0 Å². The minimum absolute atomic E-state index is 0.0856. The lowest BCUT2D eigenvalue weighted by molar-refractivity contribution is -0.118. The van der Waals surface area contributed by atoms with Crippen LogP contribution < -0.4 is 10.7 Å². The number of phenolic OH excluding ortho intramolecular Hbond substituents is 1. The summed E-state index contributed by atoms with van der Waals surface area (Å²) in [6.07, 6.45) is 1.36. The Kier molecular flexibility index (Phi) is 6.85. The number of carbonyl (C=O) groups excluding carboxylic acids is 2. The molecule has 0 saturated carbocycles. The lowest BCUT2D eigenvalue weighted by Crippen LogP contribution is -2.21. The number of phenols is 1. The molecule has 0 saturated heterocycles. The van der Waals surface area contributed by atoms with Crippen LogP contribution in [0.5, 0.6) is 5.75 Å². The Labute approximate surface area is 144 Å². The van der Waals surface area contributed by atoms with Gasteiger partial charge in [-0.05, 0) is 24.3 Å². The van der Waals surface area contributed by atoms with Gasteiger partial charge < -0.3 is 10.4 Å². The molecule has 0 aliphatic heterocycles. The van der Waals surface area contributed by atoms with Gasteiger partial charge >= 0.3 is 0 Å². The number of anilines is 1. The molecule has 24 heavy (non-hydrogen) atoms. The maximum absolute atomic E-state index is 11.7. The molecule has 0 aliphatic carbocycles. The van der Waals surface area contributed by atoms with Gasteiger partial charge in [-0.3, -0.25) is 9.59 Å². The molecule has 2 amide bonds. The predicted molar refractivity (Wildman–Crippen MR) is 96.2 cm³/mol. The minimum atomic E-state index is -0.320. The smallest absolute Gasteiger partial charge is 0.250 e. The van der Waals surface area contributed by atoms with E-state index in [1.165, 1.54) is 24.0 Å². The highest BCUT2D eigenvalue weighted by atomic mass is 32.2. The Morgan fingerprint density at radius 2 is 1.67 bits per heavy atom. The maximum atomic E-state index is 11.7. The van der Waals surface area contributed by atoms with Crippen LogP contribution >= 0.6 is 11.8 Å². The third-order valence-corrected chi connectivity index (χ3v) is 3.79. The predicted octanol–water partition coefficient (Wildman–Crippen LogP) is 2.21. The van der Waals surface area contributed by atoms with Gasteiger partial charge in [0.05, 0.1) is 17.7 Å². The van der Waals surface area contributed by atoms with E-state index in [1.54, 1.807) is 30.3 Å². The van der Waals surface area contributed by atoms with Gasteiger partial charge in [-0.1, -0.05) is 30.3 Å². The number of amides is 2. The van der Waals surface area contributed by atoms with Crippen LogP contribution in [-0.2, 0) is 9.59 Å². The molecule has 2 aromatic carbocycles. The summed E-state index contributed by atoms with van der Waals surface area (Å²) in [4.78, 5) is 23.3. The van der Waals surface area contributed by atoms with Gasteiger partial charge in [-0.15, -0.1) is 11.8 Å². The van der Waals surface area contributed by atoms with Gasteiger partial charge in [-0.2, -0.15) is 5.10 Å². The van der Waals surface area contributed by atoms with Crippen molar-refractivity contribution >= 4 is 35.5 Å². The second kappa shape index (κ2) is 9.36. The Morgan fingerprint density at radius 1 is 1.00 bits per heavy atom. The lowest BCUT2D eigenvalue weighted by atomic mass is 10.2. The zero-order valence-corrected chi connectivity index (χ0v) is 13.6. The summed E-state index contributed by atoms with van der Waals surface area (Å²) in [5, 5.41) is 16.1. The summed E-state index contributed by atoms with van der Waals surface area (Å²) >= 11 is 1.19. The largest absolute Gasteiger partial charge is 0.507 e. The summed E-state index contributed by atoms with van der Waals surface area (Å²) in [7, 11) is 0. The van der Waals surface area contributed by atoms with Crippen LogP contribution in [0.25, 0.3) is 0 Å². The number of aromatic hydroxyl groups is 1. The van der Waals surface area contributed by atoms with Crippen molar-refractivity contribution < 1.29 is 14.7 Å². The molecule has 2 aromatic rings. The number of hydrogen-bond donors (Lipinski definition) is 3. The van der Waals surface area contributed by atoms with Crippen LogP contribution in [-0.4, -0.2) is 34.6 Å². The van der Waals surface area contributed by atoms with Crippen molar-refractivity contribution in [1.29, 1.82) is 0 Å². The van der Waals surface area contributed by atoms with Crippen molar-refractivity contribution in [2.75, 3.05) is 16.8 Å². The zero-order chi connectivity index (χ0) is 17.2. The minimum Gasteiger partial charge on any atom is -0.507 e. The van der Waals surface area contributed by atoms with Crippen molar-refractivity contribution in [3.63, 3.8) is 0 Å². The fraction of sp³-hybridized carbons (Fsp3) is 0.118. The lowest BCUT2D eigenvalue weighted by Gasteiger charge is -2.04. The molecule has 0 aromatic heterocycles. The fourth-order valence-electron chi connectivity index (χ4n) is 1.76. The average molecular weight is 343 g/mol. The Hall–Kier alpha value is -2.80. The molecule has 2 rings (SSSR count). The summed E-state index contributed by atoms with van der Waals surface area (Å²) in [6.45, 7) is 0. The van der Waals surface area contributed by atoms with E-state index in [9.17, 15) is 14.7 Å². The van der Waals surface area contributed by atoms with Gasteiger partial charge in [0.1, 0.15) is 5.75 Å². The number of para-hydroxylation sites is 2. The molecule has 7 heteroatoms. The number of nitrogens with zero attached hydrogens (tertiary/aromatic N) is 1. The van der Waals surface area contributed by atoms with Crippen LogP contribution in [0.2, 0.25) is 0 Å². The van der Waals surface area contributed by atoms with Gasteiger partial charge in [0, 0.05) is 11.3 Å². The normalized spacial score (nSPS) is 10.5. The van der Waals surface area contributed by atoms with Gasteiger partial charge in [-0.25, -0.2) is 5.43 Å². The summed E-state index contributed by atoms with van der Waals surface area (Å²) in [5.74, 6) is -0.121. The first kappa shape index (κ1) is 17.6. The van der Waals surface area contributed by atoms with E-state index in [0.717, 1.165) is 5.69 Å². The van der Waals surface area contributed by atoms with Crippen LogP contribution in [0.1, 0.15) is 5.56 Å². The first-order valence-corrected chi connectivity index (χ1v) is 8.33. The first-order chi connectivity index (χ1) is 11.6. The van der Waals surface area contributed by atoms with E-state index < -0.39 is 0 Å². The zero-order valence-electron chi connectivity index (χ0n) is 12.8. The molecular formula is C17H17N3O3S. The molecule has 0 heterocycles. The van der Waals surface area contributed by atoms with Gasteiger partial charge in [0.15, 0.2) is 0 Å². The third-order valence-electron chi connectivity index (χ3n) is 2.85. The fourth-order valence-corrected chi connectivity index (χ4v) is 2.37. The Morgan fingerprint density at radius 3 is 2.42 bits per heavy atom. The quantitative estimate of drug-likeness (QED) is 0.531. The highest BCUT2D eigenvalue weighted by Crippen LogP contribution is 2.12. The monoisotopic (exact) mass is 343 g/mol. The second-order valence-corrected chi connectivity index (χ2v) is 5.74. The molecule has 3 N–H and O–H groups in total. The van der Waals surface area contributed by atoms with E-state index in [2.05, 4.69) is 15.8 Å². The average Bonchev–Trinajstić information content (AvgIpc) is 2.57. The highest BCUT2D eigenvalue weighted by molar-refractivity contribution is 8.00. The summed E-state index contributed by atoms with van der Waals surface area (Å²) < 4.78 is 0. The van der Waals surface area contributed by atoms with Crippen molar-refractivity contribution in [1.82, 2.24) is 5.43 Å². The van der Waals surface area contributed by atoms with Gasteiger partial charge in [0.25, 0.3) is 0 Å². The number of hydrogen-bond acceptors (Lipinski definition) is 5. The standard InChI is InChI=1S/C17H17N3O3S/c21-15-9-5-4-6-13(15)10-18-20-17(23)12-24-11-16(22)19-14-7-2-1-3-8-14/h1-10,21H,11-12H2,(H,19,22)(H,20,23)/b18-10+. The molecule has 0 bridgehead atoms. The number of thioether (sulfide) groups is 1. The molecular weight excluding hydrogens is 326 g/mol. The second-order valence-electron chi connectivity index (χ2n) is 4.76. The van der Waals surface area contributed by atoms with Crippen molar-refractivity contribution in [3.05, 3.63) is 60.2 Å². The molecule has 0 atom stereocenters. The van der Waals surface area contributed by atoms with Crippen LogP contribution in [0.4, 0.5) is 5.69 Å². The molecule has 0 unspecified atom stereocenters. The molecule has 0 spiro atoms. The van der Waals surface area contributed by atoms with Crippen molar-refractivity contribution in [2.24, 2.45) is 5.10 Å². The van der Waals surface area contributed by atoms with Crippen molar-refractivity contribution in [2.45, 2.75) is 0 Å². The summed E-state index contributed by atoms with van der Waals surface area (Å²) in [6, 6.07) is 15.8. The van der Waals surface area contributed by atoms with Crippen LogP contribution in [0.15, 0.2) is 59.7 Å². The first-order valence-electron chi connectivity index (χ1n) is 7.17.